The van der Waals surface area contributed by atoms with Gasteiger partial charge in [-0.25, -0.2) is 13.1 Å². The molecule has 4 N–H and O–H groups in total. The molecule has 0 saturated heterocycles. The Morgan fingerprint density at radius 1 is 1.52 bits per heavy atom. The topological polar surface area (TPSA) is 101 Å². The molecule has 0 bridgehead atoms. The van der Waals surface area contributed by atoms with Crippen LogP contribution in [-0.2, 0) is 16.6 Å². The molecule has 0 aromatic carbocycles. The van der Waals surface area contributed by atoms with Gasteiger partial charge in [-0.05, 0) is 24.8 Å². The third-order valence-electron chi connectivity index (χ3n) is 3.18. The normalized spacial score (nSPS) is 13.5. The molecule has 2 rings (SSSR count). The van der Waals surface area contributed by atoms with Crippen LogP contribution in [0.3, 0.4) is 0 Å². The van der Waals surface area contributed by atoms with Gasteiger partial charge >= 0.3 is 0 Å². The predicted octanol–water partition coefficient (Wildman–Crippen LogP) is 2.06. The molecular formula is C13H20N4O2S2. The van der Waals surface area contributed by atoms with Crippen LogP contribution < -0.4 is 10.5 Å². The van der Waals surface area contributed by atoms with E-state index in [1.54, 1.807) is 18.3 Å². The molecule has 0 amide bonds. The molecule has 2 aromatic rings. The Kier molecular flexibility index (Phi) is 5.15. The molecule has 0 spiro atoms. The van der Waals surface area contributed by atoms with Crippen molar-refractivity contribution in [1.29, 1.82) is 0 Å². The van der Waals surface area contributed by atoms with Crippen LogP contribution in [0, 0.1) is 6.92 Å². The van der Waals surface area contributed by atoms with Crippen LogP contribution in [0.2, 0.25) is 0 Å². The van der Waals surface area contributed by atoms with E-state index in [9.17, 15) is 8.42 Å². The zero-order valence-electron chi connectivity index (χ0n) is 12.1. The number of aryl methyl sites for hydroxylation is 1. The van der Waals surface area contributed by atoms with Gasteiger partial charge in [0.1, 0.15) is 4.90 Å². The van der Waals surface area contributed by atoms with Crippen molar-refractivity contribution in [3.63, 3.8) is 0 Å². The highest BCUT2D eigenvalue weighted by molar-refractivity contribution is 7.89. The molecule has 21 heavy (non-hydrogen) atoms. The number of hydrogen-bond donors (Lipinski definition) is 3. The molecule has 0 fully saturated rings. The molecule has 2 heterocycles. The van der Waals surface area contributed by atoms with E-state index in [2.05, 4.69) is 14.9 Å². The monoisotopic (exact) mass is 328 g/mol. The largest absolute Gasteiger partial charge is 0.325 e. The van der Waals surface area contributed by atoms with Gasteiger partial charge in [-0.15, -0.1) is 11.3 Å². The molecule has 0 aliphatic rings. The Bertz CT molecular complexity index is 677. The molecule has 0 radical (unpaired) electrons. The lowest BCUT2D eigenvalue weighted by molar-refractivity contribution is 0.539. The Balaban J connectivity index is 2.33. The third kappa shape index (κ3) is 3.52. The highest BCUT2D eigenvalue weighted by atomic mass is 32.2. The summed E-state index contributed by atoms with van der Waals surface area (Å²) in [5.74, 6) is 0. The third-order valence-corrected chi connectivity index (χ3v) is 5.84. The van der Waals surface area contributed by atoms with Crippen LogP contribution in [0.25, 0.3) is 0 Å². The Morgan fingerprint density at radius 2 is 2.29 bits per heavy atom. The van der Waals surface area contributed by atoms with Crippen molar-refractivity contribution in [1.82, 2.24) is 14.9 Å². The molecule has 116 valence electrons. The van der Waals surface area contributed by atoms with E-state index < -0.39 is 10.0 Å². The summed E-state index contributed by atoms with van der Waals surface area (Å²) in [6, 6.07) is 3.64. The lowest BCUT2D eigenvalue weighted by Crippen LogP contribution is -2.29. The maximum absolute atomic E-state index is 12.7. The molecule has 2 aromatic heterocycles. The van der Waals surface area contributed by atoms with Gasteiger partial charge in [-0.3, -0.25) is 5.10 Å². The van der Waals surface area contributed by atoms with E-state index in [1.807, 2.05) is 24.4 Å². The number of aromatic nitrogens is 2. The van der Waals surface area contributed by atoms with E-state index in [1.165, 1.54) is 0 Å². The first-order valence-corrected chi connectivity index (χ1v) is 9.15. The first kappa shape index (κ1) is 16.2. The summed E-state index contributed by atoms with van der Waals surface area (Å²) in [6.07, 6.45) is 1.63. The Morgan fingerprint density at radius 3 is 2.86 bits per heavy atom. The van der Waals surface area contributed by atoms with Gasteiger partial charge in [0.15, 0.2) is 0 Å². The minimum absolute atomic E-state index is 0.0814. The fourth-order valence-electron chi connectivity index (χ4n) is 2.25. The summed E-state index contributed by atoms with van der Waals surface area (Å²) in [4.78, 5) is 1.18. The summed E-state index contributed by atoms with van der Waals surface area (Å²) in [5, 5.41) is 8.58. The first-order valence-electron chi connectivity index (χ1n) is 6.79. The highest BCUT2D eigenvalue weighted by Gasteiger charge is 2.27. The van der Waals surface area contributed by atoms with Gasteiger partial charge in [0, 0.05) is 11.4 Å². The number of H-pyrrole nitrogens is 1. The van der Waals surface area contributed by atoms with Crippen LogP contribution >= 0.6 is 11.3 Å². The number of rotatable bonds is 7. The lowest BCUT2D eigenvalue weighted by Gasteiger charge is -2.17. The molecule has 1 atom stereocenters. The molecule has 6 nitrogen and oxygen atoms in total. The van der Waals surface area contributed by atoms with Crippen molar-refractivity contribution in [3.8, 4) is 0 Å². The molecule has 0 aliphatic carbocycles. The fraction of sp³-hybridized carbons (Fsp3) is 0.462. The van der Waals surface area contributed by atoms with Crippen molar-refractivity contribution in [2.75, 3.05) is 0 Å². The van der Waals surface area contributed by atoms with E-state index >= 15 is 0 Å². The maximum Gasteiger partial charge on any atom is 0.244 e. The number of nitrogens with zero attached hydrogens (tertiary/aromatic N) is 1. The predicted molar refractivity (Wildman–Crippen MR) is 83.5 cm³/mol. The van der Waals surface area contributed by atoms with Crippen LogP contribution in [0.15, 0.2) is 22.4 Å². The Hall–Kier alpha value is -1.22. The maximum atomic E-state index is 12.7. The van der Waals surface area contributed by atoms with Crippen LogP contribution in [0.5, 0.6) is 0 Å². The zero-order valence-corrected chi connectivity index (χ0v) is 13.7. The van der Waals surface area contributed by atoms with Gasteiger partial charge < -0.3 is 5.73 Å². The van der Waals surface area contributed by atoms with Crippen molar-refractivity contribution < 1.29 is 8.42 Å². The Labute approximate surface area is 128 Å². The summed E-state index contributed by atoms with van der Waals surface area (Å²) >= 11 is 1.55. The van der Waals surface area contributed by atoms with Crippen molar-refractivity contribution >= 4 is 21.4 Å². The standard InChI is InChI=1S/C13H20N4O2S2/c1-3-5-10(12-6-4-7-20-12)17-21(18,19)13-9(2)15-16-11(13)8-14/h4,6-7,10,17H,3,5,8,14H2,1-2H3,(H,15,16). The van der Waals surface area contributed by atoms with Crippen LogP contribution in [0.1, 0.15) is 42.1 Å². The van der Waals surface area contributed by atoms with Crippen molar-refractivity contribution in [3.05, 3.63) is 33.8 Å². The summed E-state index contributed by atoms with van der Waals surface area (Å²) in [6.45, 7) is 3.79. The van der Waals surface area contributed by atoms with E-state index in [0.717, 1.165) is 17.7 Å². The second-order valence-electron chi connectivity index (χ2n) is 4.81. The average molecular weight is 328 g/mol. The second kappa shape index (κ2) is 6.69. The van der Waals surface area contributed by atoms with Crippen molar-refractivity contribution in [2.45, 2.75) is 44.2 Å². The smallest absolute Gasteiger partial charge is 0.244 e. The van der Waals surface area contributed by atoms with E-state index in [-0.39, 0.29) is 17.5 Å². The highest BCUT2D eigenvalue weighted by Crippen LogP contribution is 2.26. The average Bonchev–Trinajstić information content (AvgIpc) is 3.06. The number of thiophene rings is 1. The second-order valence-corrected chi connectivity index (χ2v) is 7.44. The summed E-state index contributed by atoms with van der Waals surface area (Å²) in [5.41, 5.74) is 6.44. The molecule has 0 aliphatic heterocycles. The molecule has 8 heteroatoms. The van der Waals surface area contributed by atoms with E-state index in [0.29, 0.717) is 11.4 Å². The van der Waals surface area contributed by atoms with Gasteiger partial charge in [0.2, 0.25) is 10.0 Å². The van der Waals surface area contributed by atoms with Gasteiger partial charge in [0.05, 0.1) is 17.4 Å². The molecule has 0 saturated carbocycles. The van der Waals surface area contributed by atoms with Crippen LogP contribution in [-0.4, -0.2) is 18.6 Å². The van der Waals surface area contributed by atoms with Gasteiger partial charge in [0.25, 0.3) is 0 Å². The SMILES string of the molecule is CCCC(NS(=O)(=O)c1c(CN)n[nH]c1C)c1cccs1. The van der Waals surface area contributed by atoms with Crippen molar-refractivity contribution in [2.24, 2.45) is 5.73 Å². The first-order chi connectivity index (χ1) is 9.99. The number of sulfonamides is 1. The minimum Gasteiger partial charge on any atom is -0.325 e. The van der Waals surface area contributed by atoms with E-state index in [4.69, 9.17) is 5.73 Å². The lowest BCUT2D eigenvalue weighted by atomic mass is 10.1. The number of hydrogen-bond acceptors (Lipinski definition) is 5. The minimum atomic E-state index is -3.65. The molecular weight excluding hydrogens is 308 g/mol. The van der Waals surface area contributed by atoms with Gasteiger partial charge in [-0.2, -0.15) is 5.10 Å². The van der Waals surface area contributed by atoms with Crippen LogP contribution in [0.4, 0.5) is 0 Å². The fourth-order valence-corrected chi connectivity index (χ4v) is 4.76. The molecule has 1 unspecified atom stereocenters. The zero-order chi connectivity index (χ0) is 15.5. The van der Waals surface area contributed by atoms with Gasteiger partial charge in [-0.1, -0.05) is 19.4 Å². The summed E-state index contributed by atoms with van der Waals surface area (Å²) < 4.78 is 28.1. The number of aromatic amines is 1. The number of nitrogens with two attached hydrogens (primary N) is 1. The number of nitrogens with one attached hydrogen (secondary N) is 2. The summed E-state index contributed by atoms with van der Waals surface area (Å²) in [7, 11) is -3.65. The quantitative estimate of drug-likeness (QED) is 0.724.